The SMILES string of the molecule is CC(C)(C)OC(=O)Nc1ccc(C=O)cn1.CC(C)(C)OC(=O)Nc1ccc(CO)cn1. The second-order valence-corrected chi connectivity index (χ2v) is 8.56. The lowest BCUT2D eigenvalue weighted by atomic mass is 10.2. The maximum absolute atomic E-state index is 11.4. The van der Waals surface area contributed by atoms with E-state index in [2.05, 4.69) is 20.6 Å². The van der Waals surface area contributed by atoms with E-state index in [-0.39, 0.29) is 6.61 Å². The maximum atomic E-state index is 11.4. The highest BCUT2D eigenvalue weighted by Gasteiger charge is 2.17. The van der Waals surface area contributed by atoms with Gasteiger partial charge in [0.1, 0.15) is 22.8 Å². The van der Waals surface area contributed by atoms with Crippen LogP contribution in [0.2, 0.25) is 0 Å². The number of aliphatic hydroxyl groups excluding tert-OH is 1. The number of amides is 2. The van der Waals surface area contributed by atoms with Gasteiger partial charge in [0.2, 0.25) is 0 Å². The van der Waals surface area contributed by atoms with E-state index in [4.69, 9.17) is 14.6 Å². The van der Waals surface area contributed by atoms with Crippen molar-refractivity contribution in [2.75, 3.05) is 10.6 Å². The third kappa shape index (κ3) is 11.6. The number of hydrogen-bond acceptors (Lipinski definition) is 8. The molecule has 0 aliphatic heterocycles. The van der Waals surface area contributed by atoms with E-state index in [9.17, 15) is 14.4 Å². The molecule has 0 aliphatic carbocycles. The normalized spacial score (nSPS) is 10.8. The van der Waals surface area contributed by atoms with Crippen molar-refractivity contribution in [3.63, 3.8) is 0 Å². The van der Waals surface area contributed by atoms with Gasteiger partial charge >= 0.3 is 12.2 Å². The third-order valence-electron chi connectivity index (χ3n) is 3.19. The van der Waals surface area contributed by atoms with Gasteiger partial charge in [0.15, 0.2) is 6.29 Å². The summed E-state index contributed by atoms with van der Waals surface area (Å²) < 4.78 is 10.1. The highest BCUT2D eigenvalue weighted by Crippen LogP contribution is 2.11. The Balaban J connectivity index is 0.000000320. The largest absolute Gasteiger partial charge is 0.444 e. The second-order valence-electron chi connectivity index (χ2n) is 8.56. The first-order chi connectivity index (χ1) is 14.8. The quantitative estimate of drug-likeness (QED) is 0.595. The predicted molar refractivity (Wildman–Crippen MR) is 119 cm³/mol. The minimum atomic E-state index is -0.571. The topological polar surface area (TPSA) is 140 Å². The molecule has 2 rings (SSSR count). The molecule has 3 N–H and O–H groups in total. The van der Waals surface area contributed by atoms with Crippen molar-refractivity contribution in [1.82, 2.24) is 9.97 Å². The minimum Gasteiger partial charge on any atom is -0.444 e. The molecule has 0 atom stereocenters. The number of aldehydes is 1. The van der Waals surface area contributed by atoms with Crippen LogP contribution in [0.3, 0.4) is 0 Å². The number of anilines is 2. The molecule has 0 bridgehead atoms. The maximum Gasteiger partial charge on any atom is 0.413 e. The van der Waals surface area contributed by atoms with Gasteiger partial charge in [0.05, 0.1) is 6.61 Å². The molecule has 0 fully saturated rings. The van der Waals surface area contributed by atoms with Gasteiger partial charge < -0.3 is 14.6 Å². The Morgan fingerprint density at radius 3 is 1.66 bits per heavy atom. The van der Waals surface area contributed by atoms with Gasteiger partial charge in [0.25, 0.3) is 0 Å². The second kappa shape index (κ2) is 11.8. The van der Waals surface area contributed by atoms with Gasteiger partial charge in [-0.2, -0.15) is 0 Å². The summed E-state index contributed by atoms with van der Waals surface area (Å²) in [6, 6.07) is 6.38. The summed E-state index contributed by atoms with van der Waals surface area (Å²) in [5, 5.41) is 13.8. The van der Waals surface area contributed by atoms with Gasteiger partial charge in [-0.05, 0) is 65.3 Å². The van der Waals surface area contributed by atoms with Crippen molar-refractivity contribution in [2.24, 2.45) is 0 Å². The molecular weight excluding hydrogens is 416 g/mol. The number of aliphatic hydroxyl groups is 1. The van der Waals surface area contributed by atoms with E-state index in [1.165, 1.54) is 18.5 Å². The molecule has 0 spiro atoms. The van der Waals surface area contributed by atoms with E-state index >= 15 is 0 Å². The van der Waals surface area contributed by atoms with Crippen LogP contribution in [0.4, 0.5) is 21.2 Å². The molecule has 174 valence electrons. The predicted octanol–water partition coefficient (Wildman–Crippen LogP) is 4.16. The van der Waals surface area contributed by atoms with Crippen LogP contribution in [-0.2, 0) is 16.1 Å². The lowest BCUT2D eigenvalue weighted by Gasteiger charge is -2.19. The first kappa shape index (κ1) is 26.5. The van der Waals surface area contributed by atoms with E-state index in [0.717, 1.165) is 0 Å². The van der Waals surface area contributed by atoms with E-state index < -0.39 is 23.4 Å². The third-order valence-corrected chi connectivity index (χ3v) is 3.19. The Morgan fingerprint density at radius 1 is 0.875 bits per heavy atom. The van der Waals surface area contributed by atoms with Gasteiger partial charge in [-0.3, -0.25) is 15.4 Å². The number of nitrogens with zero attached hydrogens (tertiary/aromatic N) is 2. The number of carbonyl (C=O) groups is 3. The number of rotatable bonds is 4. The molecule has 32 heavy (non-hydrogen) atoms. The number of pyridine rings is 2. The van der Waals surface area contributed by atoms with E-state index in [1.54, 1.807) is 59.7 Å². The summed E-state index contributed by atoms with van der Waals surface area (Å²) in [5.41, 5.74) is 0.0616. The molecule has 0 aromatic carbocycles. The highest BCUT2D eigenvalue weighted by molar-refractivity contribution is 5.84. The van der Waals surface area contributed by atoms with Crippen molar-refractivity contribution in [3.8, 4) is 0 Å². The molecular formula is C22H30N4O6. The number of aromatic nitrogens is 2. The van der Waals surface area contributed by atoms with Crippen molar-refractivity contribution < 1.29 is 29.0 Å². The van der Waals surface area contributed by atoms with Gasteiger partial charge in [0, 0.05) is 18.0 Å². The average molecular weight is 447 g/mol. The van der Waals surface area contributed by atoms with Crippen LogP contribution in [0.15, 0.2) is 36.7 Å². The fraction of sp³-hybridized carbons (Fsp3) is 0.409. The van der Waals surface area contributed by atoms with Crippen LogP contribution in [0.1, 0.15) is 57.5 Å². The molecule has 0 radical (unpaired) electrons. The molecule has 10 heteroatoms. The highest BCUT2D eigenvalue weighted by atomic mass is 16.6. The molecule has 10 nitrogen and oxygen atoms in total. The van der Waals surface area contributed by atoms with E-state index in [0.29, 0.717) is 29.0 Å². The molecule has 0 saturated heterocycles. The summed E-state index contributed by atoms with van der Waals surface area (Å²) in [5.74, 6) is 0.742. The number of nitrogens with one attached hydrogen (secondary N) is 2. The fourth-order valence-corrected chi connectivity index (χ4v) is 1.96. The zero-order chi connectivity index (χ0) is 24.4. The molecule has 2 aromatic rings. The summed E-state index contributed by atoms with van der Waals surface area (Å²) in [6.07, 6.45) is 2.44. The van der Waals surface area contributed by atoms with Crippen LogP contribution in [0, 0.1) is 0 Å². The monoisotopic (exact) mass is 446 g/mol. The van der Waals surface area contributed by atoms with Crippen molar-refractivity contribution in [1.29, 1.82) is 0 Å². The zero-order valence-electron chi connectivity index (χ0n) is 19.1. The molecule has 2 aromatic heterocycles. The number of carbonyl (C=O) groups excluding carboxylic acids is 3. The van der Waals surface area contributed by atoms with Gasteiger partial charge in [-0.25, -0.2) is 19.6 Å². The molecule has 0 unspecified atom stereocenters. The summed E-state index contributed by atoms with van der Waals surface area (Å²) in [6.45, 7) is 10.6. The molecule has 0 aliphatic rings. The Bertz CT molecular complexity index is 885. The van der Waals surface area contributed by atoms with E-state index in [1.807, 2.05) is 0 Å². The van der Waals surface area contributed by atoms with Crippen molar-refractivity contribution in [3.05, 3.63) is 47.8 Å². The Kier molecular flexibility index (Phi) is 9.73. The van der Waals surface area contributed by atoms with Crippen molar-refractivity contribution >= 4 is 30.1 Å². The molecule has 2 heterocycles. The summed E-state index contributed by atoms with van der Waals surface area (Å²) in [7, 11) is 0. The van der Waals surface area contributed by atoms with Crippen LogP contribution < -0.4 is 10.6 Å². The minimum absolute atomic E-state index is 0.0697. The summed E-state index contributed by atoms with van der Waals surface area (Å²) in [4.78, 5) is 40.9. The first-order valence-electron chi connectivity index (χ1n) is 9.78. The van der Waals surface area contributed by atoms with Crippen LogP contribution in [0.5, 0.6) is 0 Å². The Hall–Kier alpha value is -3.53. The van der Waals surface area contributed by atoms with Gasteiger partial charge in [-0.15, -0.1) is 0 Å². The van der Waals surface area contributed by atoms with Crippen molar-refractivity contribution in [2.45, 2.75) is 59.4 Å². The Labute approximate surface area is 187 Å². The lowest BCUT2D eigenvalue weighted by molar-refractivity contribution is 0.0624. The van der Waals surface area contributed by atoms with Crippen LogP contribution >= 0.6 is 0 Å². The first-order valence-corrected chi connectivity index (χ1v) is 9.78. The Morgan fingerprint density at radius 2 is 1.34 bits per heavy atom. The summed E-state index contributed by atoms with van der Waals surface area (Å²) >= 11 is 0. The molecule has 2 amide bonds. The average Bonchev–Trinajstić information content (AvgIpc) is 2.66. The molecule has 0 saturated carbocycles. The number of ether oxygens (including phenoxy) is 2. The zero-order valence-corrected chi connectivity index (χ0v) is 19.1. The van der Waals surface area contributed by atoms with Crippen LogP contribution in [0.25, 0.3) is 0 Å². The standard InChI is InChI=1S/C11H16N2O3.C11H14N2O3/c2*1-11(2,3)16-10(15)13-9-5-4-8(7-14)6-12-9/h4-6,14H,7H2,1-3H3,(H,12,13,15);4-7H,1-3H3,(H,12,13,15). The fourth-order valence-electron chi connectivity index (χ4n) is 1.96. The smallest absolute Gasteiger partial charge is 0.413 e. The lowest BCUT2D eigenvalue weighted by Crippen LogP contribution is -2.27. The number of hydrogen-bond donors (Lipinski definition) is 3. The van der Waals surface area contributed by atoms with Crippen LogP contribution in [-0.4, -0.2) is 44.7 Å². The van der Waals surface area contributed by atoms with Gasteiger partial charge in [-0.1, -0.05) is 6.07 Å².